The Labute approximate surface area is 314 Å². The van der Waals surface area contributed by atoms with Gasteiger partial charge in [0.05, 0.1) is 36.7 Å². The highest BCUT2D eigenvalue weighted by Gasteiger charge is 2.25. The van der Waals surface area contributed by atoms with E-state index >= 15 is 0 Å². The number of nitrogens with zero attached hydrogens (tertiary/aromatic N) is 8. The summed E-state index contributed by atoms with van der Waals surface area (Å²) in [6, 6.07) is 5.46. The van der Waals surface area contributed by atoms with Crippen LogP contribution in [-0.4, -0.2) is 88.6 Å². The summed E-state index contributed by atoms with van der Waals surface area (Å²) in [6.07, 6.45) is 8.70. The Balaban J connectivity index is 0.000000270. The molecule has 2 aromatic carbocycles. The Morgan fingerprint density at radius 2 is 1.10 bits per heavy atom. The molecule has 0 bridgehead atoms. The van der Waals surface area contributed by atoms with Crippen LogP contribution >= 0.6 is 24.8 Å². The number of hydrogen-bond donors (Lipinski definition) is 2. The van der Waals surface area contributed by atoms with Crippen molar-refractivity contribution < 1.29 is 25.6 Å². The molecule has 52 heavy (non-hydrogen) atoms. The van der Waals surface area contributed by atoms with Crippen LogP contribution in [0.4, 0.5) is 31.8 Å². The quantitative estimate of drug-likeness (QED) is 0.232. The number of anilines is 2. The first-order valence-corrected chi connectivity index (χ1v) is 19.6. The molecule has 0 radical (unpaired) electrons. The molecule has 2 unspecified atom stereocenters. The van der Waals surface area contributed by atoms with E-state index in [4.69, 9.17) is 13.1 Å². The van der Waals surface area contributed by atoms with Gasteiger partial charge in [-0.05, 0) is 61.8 Å². The average molecular weight is 800 g/mol. The summed E-state index contributed by atoms with van der Waals surface area (Å²) in [7, 11) is -6.45. The fourth-order valence-electron chi connectivity index (χ4n) is 6.17. The van der Waals surface area contributed by atoms with Crippen molar-refractivity contribution in [3.63, 3.8) is 0 Å². The van der Waals surface area contributed by atoms with Gasteiger partial charge in [-0.1, -0.05) is 0 Å². The minimum absolute atomic E-state index is 0. The summed E-state index contributed by atoms with van der Waals surface area (Å²) in [5, 5.41) is 1.26. The second-order valence-electron chi connectivity index (χ2n) is 12.4. The maximum atomic E-state index is 13.8. The first kappa shape index (κ1) is 42.4. The van der Waals surface area contributed by atoms with Crippen molar-refractivity contribution in [2.45, 2.75) is 25.7 Å². The van der Waals surface area contributed by atoms with Gasteiger partial charge < -0.3 is 9.80 Å². The monoisotopic (exact) mass is 798 g/mol. The van der Waals surface area contributed by atoms with E-state index in [9.17, 15) is 25.6 Å². The lowest BCUT2D eigenvalue weighted by atomic mass is 9.98. The van der Waals surface area contributed by atoms with Crippen molar-refractivity contribution >= 4 is 89.7 Å². The van der Waals surface area contributed by atoms with E-state index in [0.29, 0.717) is 59.6 Å². The van der Waals surface area contributed by atoms with Crippen molar-refractivity contribution in [1.29, 1.82) is 0 Å². The number of nitrogens with one attached hydrogen (secondary N) is 2. The fourth-order valence-corrected chi connectivity index (χ4v) is 7.24. The molecule has 2 aliphatic rings. The molecule has 0 aliphatic carbocycles. The van der Waals surface area contributed by atoms with Gasteiger partial charge >= 0.3 is 0 Å². The van der Waals surface area contributed by atoms with E-state index in [-0.39, 0.29) is 48.0 Å². The lowest BCUT2D eigenvalue weighted by molar-refractivity contribution is 0.410. The smallest absolute Gasteiger partial charge is 0.222 e. The molecule has 14 nitrogen and oxygen atoms in total. The summed E-state index contributed by atoms with van der Waals surface area (Å²) < 4.78 is 77.9. The number of fused-ring (bicyclic) bond motifs is 2. The largest absolute Gasteiger partial charge is 0.356 e. The molecule has 4 aromatic rings. The third-order valence-corrected chi connectivity index (χ3v) is 9.89. The summed E-state index contributed by atoms with van der Waals surface area (Å²) in [6.45, 7) is 17.7. The van der Waals surface area contributed by atoms with E-state index in [1.54, 1.807) is 0 Å². The Morgan fingerprint density at radius 1 is 0.712 bits per heavy atom. The van der Waals surface area contributed by atoms with Crippen LogP contribution in [0.2, 0.25) is 0 Å². The molecule has 2 atom stereocenters. The van der Waals surface area contributed by atoms with Gasteiger partial charge in [0.1, 0.15) is 35.9 Å². The summed E-state index contributed by atoms with van der Waals surface area (Å²) >= 11 is 0. The molecule has 2 aromatic heterocycles. The van der Waals surface area contributed by atoms with Crippen LogP contribution in [0, 0.1) is 36.6 Å². The van der Waals surface area contributed by atoms with E-state index in [1.165, 1.54) is 36.9 Å². The number of benzene rings is 2. The van der Waals surface area contributed by atoms with Crippen LogP contribution in [0.1, 0.15) is 25.7 Å². The van der Waals surface area contributed by atoms with Crippen LogP contribution in [0.5, 0.6) is 0 Å². The zero-order chi connectivity index (χ0) is 36.1. The van der Waals surface area contributed by atoms with Gasteiger partial charge in [0.15, 0.2) is 0 Å². The number of sulfonamides is 2. The Hall–Kier alpha value is -4.04. The number of aromatic nitrogens is 4. The molecule has 2 saturated heterocycles. The normalized spacial score (nSPS) is 17.6. The molecule has 0 amide bonds. The minimum atomic E-state index is -3.22. The van der Waals surface area contributed by atoms with Crippen LogP contribution in [0.25, 0.3) is 31.5 Å². The molecular weight excluding hydrogens is 761 g/mol. The van der Waals surface area contributed by atoms with Crippen LogP contribution in [0.3, 0.4) is 0 Å². The number of hydrogen-bond acceptors (Lipinski definition) is 10. The van der Waals surface area contributed by atoms with Gasteiger partial charge in [-0.15, -0.1) is 24.8 Å². The zero-order valence-corrected chi connectivity index (χ0v) is 31.6. The molecule has 0 saturated carbocycles. The number of halogens is 4. The fraction of sp³-hybridized carbons (Fsp3) is 0.438. The average Bonchev–Trinajstić information content (AvgIpc) is 3.08. The van der Waals surface area contributed by atoms with E-state index in [0.717, 1.165) is 51.3 Å². The van der Waals surface area contributed by atoms with Crippen molar-refractivity contribution in [1.82, 2.24) is 29.4 Å². The Bertz CT molecular complexity index is 2050. The van der Waals surface area contributed by atoms with Crippen LogP contribution < -0.4 is 19.2 Å². The standard InChI is InChI=1S/2C16H18FN5O2S.2ClH/c2*1-18-15-6-12-14(7-13(15)17)19-10-20-16(12)22-5-3-4-11(9-22)8-21-25(2,23)24;;/h2*6-7,10-11,21H,3-5,8-9H2,2H3;2*1H. The van der Waals surface area contributed by atoms with Crippen molar-refractivity contribution in [2.75, 3.05) is 61.6 Å². The highest BCUT2D eigenvalue weighted by molar-refractivity contribution is 7.89. The van der Waals surface area contributed by atoms with Crippen molar-refractivity contribution in [3.8, 4) is 0 Å². The highest BCUT2D eigenvalue weighted by Crippen LogP contribution is 2.33. The molecule has 20 heteroatoms. The SMILES string of the molecule is Cl.Cl.[C-]#[N+]c1cc2c(N3CCCC(CNS(C)(=O)=O)C3)ncnc2cc1F.[C-]#[N+]c1cc2c(N3CCCC(CNS(C)(=O)=O)C3)ncnc2cc1F. The molecule has 2 fully saturated rings. The second kappa shape index (κ2) is 18.1. The maximum absolute atomic E-state index is 13.8. The maximum Gasteiger partial charge on any atom is 0.222 e. The lowest BCUT2D eigenvalue weighted by Crippen LogP contribution is -2.41. The molecule has 2 aliphatic heterocycles. The third-order valence-electron chi connectivity index (χ3n) is 8.51. The van der Waals surface area contributed by atoms with E-state index in [2.05, 4.69) is 39.1 Å². The van der Waals surface area contributed by atoms with Gasteiger partial charge in [0.25, 0.3) is 0 Å². The van der Waals surface area contributed by atoms with E-state index < -0.39 is 31.7 Å². The van der Waals surface area contributed by atoms with Crippen LogP contribution in [-0.2, 0) is 20.0 Å². The Morgan fingerprint density at radius 3 is 1.44 bits per heavy atom. The second-order valence-corrected chi connectivity index (χ2v) is 16.1. The predicted molar refractivity (Wildman–Crippen MR) is 202 cm³/mol. The molecular formula is C32H38Cl2F2N10O4S2. The van der Waals surface area contributed by atoms with Gasteiger partial charge in [0.2, 0.25) is 31.4 Å². The van der Waals surface area contributed by atoms with Crippen molar-refractivity contribution in [3.05, 3.63) is 71.4 Å². The highest BCUT2D eigenvalue weighted by atomic mass is 35.5. The summed E-state index contributed by atoms with van der Waals surface area (Å²) in [5.74, 6) is 0.434. The van der Waals surface area contributed by atoms with E-state index in [1.807, 2.05) is 9.80 Å². The molecule has 0 spiro atoms. The molecule has 280 valence electrons. The minimum Gasteiger partial charge on any atom is -0.356 e. The molecule has 4 heterocycles. The molecule has 2 N–H and O–H groups in total. The van der Waals surface area contributed by atoms with Crippen LogP contribution in [0.15, 0.2) is 36.9 Å². The first-order chi connectivity index (χ1) is 23.7. The lowest BCUT2D eigenvalue weighted by Gasteiger charge is -2.34. The van der Waals surface area contributed by atoms with Gasteiger partial charge in [-0.3, -0.25) is 0 Å². The summed E-state index contributed by atoms with van der Waals surface area (Å²) in [4.78, 5) is 27.3. The predicted octanol–water partition coefficient (Wildman–Crippen LogP) is 5.01. The topological polar surface area (TPSA) is 159 Å². The molecule has 6 rings (SSSR count). The first-order valence-electron chi connectivity index (χ1n) is 15.8. The van der Waals surface area contributed by atoms with Gasteiger partial charge in [0, 0.05) is 50.0 Å². The third kappa shape index (κ3) is 11.0. The van der Waals surface area contributed by atoms with Gasteiger partial charge in [-0.2, -0.15) is 0 Å². The number of piperidine rings is 2. The van der Waals surface area contributed by atoms with Crippen molar-refractivity contribution in [2.24, 2.45) is 11.8 Å². The summed E-state index contributed by atoms with van der Waals surface area (Å²) in [5.41, 5.74) is 0.782. The Kier molecular flexibility index (Phi) is 14.8. The number of rotatable bonds is 8. The zero-order valence-electron chi connectivity index (χ0n) is 28.3. The van der Waals surface area contributed by atoms with Gasteiger partial charge in [-0.25, -0.2) is 64.7 Å².